The number of rotatable bonds is 2. The number of fused-ring (bicyclic) bond motifs is 1. The Hall–Kier alpha value is -2.07. The molecular weight excluding hydrogens is 234 g/mol. The fraction of sp³-hybridized carbons (Fsp3) is 0. The highest BCUT2D eigenvalue weighted by molar-refractivity contribution is 7.17. The molecule has 84 valence electrons. The van der Waals surface area contributed by atoms with Crippen LogP contribution in [-0.4, -0.2) is 15.5 Å². The van der Waals surface area contributed by atoms with Crippen molar-refractivity contribution >= 4 is 22.8 Å². The number of hydrogen-bond donors (Lipinski definition) is 1. The highest BCUT2D eigenvalue weighted by atomic mass is 32.1. The molecule has 17 heavy (non-hydrogen) atoms. The molecule has 0 spiro atoms. The molecule has 0 aliphatic carbocycles. The summed E-state index contributed by atoms with van der Waals surface area (Å²) in [5.74, 6) is -0.873. The third-order valence-corrected chi connectivity index (χ3v) is 3.73. The van der Waals surface area contributed by atoms with Crippen LogP contribution in [0.3, 0.4) is 0 Å². The topological polar surface area (TPSA) is 41.7 Å². The van der Waals surface area contributed by atoms with Gasteiger partial charge in [0, 0.05) is 11.7 Å². The average Bonchev–Trinajstić information content (AvgIpc) is 2.95. The van der Waals surface area contributed by atoms with Crippen molar-refractivity contribution in [3.63, 3.8) is 0 Å². The maximum atomic E-state index is 10.9. The van der Waals surface area contributed by atoms with E-state index in [1.807, 2.05) is 42.6 Å². The third-order valence-electron chi connectivity index (χ3n) is 2.63. The highest BCUT2D eigenvalue weighted by Crippen LogP contribution is 2.29. The van der Waals surface area contributed by atoms with Gasteiger partial charge in [0.25, 0.3) is 0 Å². The van der Waals surface area contributed by atoms with E-state index in [4.69, 9.17) is 5.11 Å². The van der Waals surface area contributed by atoms with Crippen molar-refractivity contribution in [2.75, 3.05) is 0 Å². The summed E-state index contributed by atoms with van der Waals surface area (Å²) in [6.07, 6.45) is 1.98. The third kappa shape index (κ3) is 1.62. The molecule has 0 bridgehead atoms. The summed E-state index contributed by atoms with van der Waals surface area (Å²) in [6.45, 7) is 0. The van der Waals surface area contributed by atoms with Crippen molar-refractivity contribution in [1.29, 1.82) is 0 Å². The number of nitrogens with zero attached hydrogens (tertiary/aromatic N) is 1. The molecule has 0 fully saturated rings. The van der Waals surface area contributed by atoms with Crippen LogP contribution in [0.2, 0.25) is 0 Å². The second kappa shape index (κ2) is 3.75. The van der Waals surface area contributed by atoms with Crippen LogP contribution >= 0.6 is 11.3 Å². The van der Waals surface area contributed by atoms with E-state index in [1.54, 1.807) is 6.07 Å². The zero-order chi connectivity index (χ0) is 11.8. The highest BCUT2D eigenvalue weighted by Gasteiger charge is 2.10. The Morgan fingerprint density at radius 3 is 2.76 bits per heavy atom. The van der Waals surface area contributed by atoms with Crippen LogP contribution < -0.4 is 0 Å². The minimum absolute atomic E-state index is 0.367. The molecule has 0 aliphatic rings. The first kappa shape index (κ1) is 10.1. The van der Waals surface area contributed by atoms with E-state index in [0.29, 0.717) is 4.88 Å². The van der Waals surface area contributed by atoms with Gasteiger partial charge in [-0.05, 0) is 36.4 Å². The summed E-state index contributed by atoms with van der Waals surface area (Å²) in [6, 6.07) is 13.5. The van der Waals surface area contributed by atoms with E-state index in [-0.39, 0.29) is 0 Å². The first-order chi connectivity index (χ1) is 8.25. The van der Waals surface area contributed by atoms with E-state index >= 15 is 0 Å². The number of pyridine rings is 1. The van der Waals surface area contributed by atoms with Gasteiger partial charge in [-0.1, -0.05) is 6.07 Å². The maximum Gasteiger partial charge on any atom is 0.345 e. The zero-order valence-corrected chi connectivity index (χ0v) is 9.65. The summed E-state index contributed by atoms with van der Waals surface area (Å²) in [5.41, 5.74) is 2.13. The van der Waals surface area contributed by atoms with Gasteiger partial charge in [0.2, 0.25) is 0 Å². The van der Waals surface area contributed by atoms with Crippen molar-refractivity contribution in [3.8, 4) is 10.6 Å². The Bertz CT molecular complexity index is 696. The first-order valence-electron chi connectivity index (χ1n) is 5.15. The lowest BCUT2D eigenvalue weighted by molar-refractivity contribution is 0.0702. The van der Waals surface area contributed by atoms with Crippen LogP contribution in [0, 0.1) is 0 Å². The Balaban J connectivity index is 2.17. The van der Waals surface area contributed by atoms with Crippen molar-refractivity contribution in [1.82, 2.24) is 4.40 Å². The summed E-state index contributed by atoms with van der Waals surface area (Å²) in [4.78, 5) is 12.2. The van der Waals surface area contributed by atoms with Crippen LogP contribution in [0.1, 0.15) is 9.67 Å². The molecule has 0 radical (unpaired) electrons. The molecule has 0 atom stereocenters. The molecule has 0 amide bonds. The molecule has 3 aromatic heterocycles. The van der Waals surface area contributed by atoms with Crippen molar-refractivity contribution in [3.05, 3.63) is 53.5 Å². The van der Waals surface area contributed by atoms with E-state index < -0.39 is 5.97 Å². The zero-order valence-electron chi connectivity index (χ0n) is 8.83. The summed E-state index contributed by atoms with van der Waals surface area (Å²) in [7, 11) is 0. The van der Waals surface area contributed by atoms with Gasteiger partial charge < -0.3 is 9.51 Å². The lowest BCUT2D eigenvalue weighted by atomic mass is 10.3. The largest absolute Gasteiger partial charge is 0.477 e. The fourth-order valence-electron chi connectivity index (χ4n) is 1.85. The predicted molar refractivity (Wildman–Crippen MR) is 67.7 cm³/mol. The summed E-state index contributed by atoms with van der Waals surface area (Å²) < 4.78 is 2.05. The molecule has 3 heterocycles. The number of carboxylic acid groups (broad SMARTS) is 1. The van der Waals surface area contributed by atoms with E-state index in [2.05, 4.69) is 4.40 Å². The van der Waals surface area contributed by atoms with E-state index in [0.717, 1.165) is 16.1 Å². The van der Waals surface area contributed by atoms with Gasteiger partial charge >= 0.3 is 5.97 Å². The summed E-state index contributed by atoms with van der Waals surface area (Å²) in [5, 5.41) is 8.91. The Kier molecular flexibility index (Phi) is 2.23. The number of carboxylic acids is 1. The smallest absolute Gasteiger partial charge is 0.345 e. The SMILES string of the molecule is O=C(O)c1ccc(-c2ccc3ccccn23)s1. The molecule has 4 heteroatoms. The number of hydrogen-bond acceptors (Lipinski definition) is 2. The average molecular weight is 243 g/mol. The van der Waals surface area contributed by atoms with Gasteiger partial charge in [0.15, 0.2) is 0 Å². The minimum Gasteiger partial charge on any atom is -0.477 e. The van der Waals surface area contributed by atoms with Crippen LogP contribution in [0.15, 0.2) is 48.7 Å². The number of aromatic nitrogens is 1. The van der Waals surface area contributed by atoms with E-state index in [9.17, 15) is 4.79 Å². The molecule has 0 saturated carbocycles. The standard InChI is InChI=1S/C13H9NO2S/c15-13(16)12-7-6-11(17-12)10-5-4-9-3-1-2-8-14(9)10/h1-8H,(H,15,16). The molecule has 0 unspecified atom stereocenters. The normalized spacial score (nSPS) is 10.8. The van der Waals surface area contributed by atoms with Crippen molar-refractivity contribution in [2.45, 2.75) is 0 Å². The second-order valence-electron chi connectivity index (χ2n) is 3.68. The van der Waals surface area contributed by atoms with Gasteiger partial charge in [-0.3, -0.25) is 0 Å². The van der Waals surface area contributed by atoms with Crippen LogP contribution in [0.5, 0.6) is 0 Å². The molecule has 1 N–H and O–H groups in total. The van der Waals surface area contributed by atoms with Gasteiger partial charge in [-0.15, -0.1) is 11.3 Å². The van der Waals surface area contributed by atoms with Gasteiger partial charge in [0.1, 0.15) is 4.88 Å². The maximum absolute atomic E-state index is 10.9. The quantitative estimate of drug-likeness (QED) is 0.749. The van der Waals surface area contributed by atoms with Crippen molar-refractivity contribution < 1.29 is 9.90 Å². The molecule has 3 nitrogen and oxygen atoms in total. The van der Waals surface area contributed by atoms with Gasteiger partial charge in [0.05, 0.1) is 10.6 Å². The Labute approximate surface area is 102 Å². The van der Waals surface area contributed by atoms with Crippen molar-refractivity contribution in [2.24, 2.45) is 0 Å². The Morgan fingerprint density at radius 2 is 2.00 bits per heavy atom. The summed E-state index contributed by atoms with van der Waals surface area (Å²) >= 11 is 1.29. The minimum atomic E-state index is -0.873. The van der Waals surface area contributed by atoms with Gasteiger partial charge in [-0.2, -0.15) is 0 Å². The Morgan fingerprint density at radius 1 is 1.12 bits per heavy atom. The van der Waals surface area contributed by atoms with E-state index in [1.165, 1.54) is 11.3 Å². The monoisotopic (exact) mass is 243 g/mol. The second-order valence-corrected chi connectivity index (χ2v) is 4.77. The molecule has 0 saturated heterocycles. The van der Waals surface area contributed by atoms with Crippen LogP contribution in [-0.2, 0) is 0 Å². The molecule has 0 aliphatic heterocycles. The molecular formula is C13H9NO2S. The number of aromatic carboxylic acids is 1. The lowest BCUT2D eigenvalue weighted by Gasteiger charge is -1.99. The fourth-order valence-corrected chi connectivity index (χ4v) is 2.71. The lowest BCUT2D eigenvalue weighted by Crippen LogP contribution is -1.89. The molecule has 0 aromatic carbocycles. The predicted octanol–water partition coefficient (Wildman–Crippen LogP) is 3.37. The van der Waals surface area contributed by atoms with Gasteiger partial charge in [-0.25, -0.2) is 4.79 Å². The molecule has 3 rings (SSSR count). The first-order valence-corrected chi connectivity index (χ1v) is 5.97. The van der Waals surface area contributed by atoms with Crippen LogP contribution in [0.4, 0.5) is 0 Å². The number of thiophene rings is 1. The van der Waals surface area contributed by atoms with Crippen LogP contribution in [0.25, 0.3) is 16.1 Å². The number of carbonyl (C=O) groups is 1. The molecule has 3 aromatic rings.